The van der Waals surface area contributed by atoms with E-state index in [0.29, 0.717) is 30.6 Å². The number of halogens is 3. The molecule has 0 saturated heterocycles. The smallest absolute Gasteiger partial charge is 0.416 e. The van der Waals surface area contributed by atoms with Crippen LogP contribution in [0.4, 0.5) is 13.2 Å². The van der Waals surface area contributed by atoms with Crippen molar-refractivity contribution in [2.45, 2.75) is 52.6 Å². The summed E-state index contributed by atoms with van der Waals surface area (Å²) in [6.45, 7) is 8.46. The number of benzene rings is 2. The van der Waals surface area contributed by atoms with Gasteiger partial charge in [-0.2, -0.15) is 13.2 Å². The minimum absolute atomic E-state index is 0.318. The van der Waals surface area contributed by atoms with Crippen LogP contribution < -0.4 is 4.74 Å². The minimum atomic E-state index is -4.34. The first-order valence-corrected chi connectivity index (χ1v) is 10.8. The van der Waals surface area contributed by atoms with Crippen LogP contribution in [0.1, 0.15) is 43.2 Å². The normalized spacial score (nSPS) is 13.0. The van der Waals surface area contributed by atoms with Gasteiger partial charge in [-0.3, -0.25) is 4.90 Å². The standard InChI is InChI=1S/C26H31F3N2O/c1-19(2)20(3)31(17-22-9-6-12-25(15-22)32-4)18-24-11-7-13-30(24)16-21-8-5-10-23(14-21)26(27,28)29/h5-15,19-20H,16-18H2,1-4H3. The second-order valence-electron chi connectivity index (χ2n) is 8.57. The van der Waals surface area contributed by atoms with Crippen LogP contribution in [0.25, 0.3) is 0 Å². The van der Waals surface area contributed by atoms with Gasteiger partial charge in [-0.25, -0.2) is 0 Å². The summed E-state index contributed by atoms with van der Waals surface area (Å²) in [6, 6.07) is 17.9. The van der Waals surface area contributed by atoms with Gasteiger partial charge in [0.1, 0.15) is 5.75 Å². The fraction of sp³-hybridized carbons (Fsp3) is 0.385. The van der Waals surface area contributed by atoms with Crippen molar-refractivity contribution < 1.29 is 17.9 Å². The van der Waals surface area contributed by atoms with Gasteiger partial charge in [0.05, 0.1) is 12.7 Å². The summed E-state index contributed by atoms with van der Waals surface area (Å²) < 4.78 is 46.7. The van der Waals surface area contributed by atoms with Crippen molar-refractivity contribution in [2.75, 3.05) is 7.11 Å². The number of hydrogen-bond donors (Lipinski definition) is 0. The lowest BCUT2D eigenvalue weighted by Gasteiger charge is -2.32. The number of rotatable bonds is 9. The summed E-state index contributed by atoms with van der Waals surface area (Å²) in [5.41, 5.74) is 2.25. The van der Waals surface area contributed by atoms with Gasteiger partial charge in [0, 0.05) is 37.6 Å². The molecule has 0 aliphatic heterocycles. The lowest BCUT2D eigenvalue weighted by molar-refractivity contribution is -0.137. The van der Waals surface area contributed by atoms with E-state index < -0.39 is 11.7 Å². The second kappa shape index (κ2) is 10.3. The zero-order valence-corrected chi connectivity index (χ0v) is 19.1. The van der Waals surface area contributed by atoms with Crippen LogP contribution in [-0.2, 0) is 25.8 Å². The quantitative estimate of drug-likeness (QED) is 0.369. The van der Waals surface area contributed by atoms with Crippen LogP contribution in [0, 0.1) is 5.92 Å². The number of methoxy groups -OCH3 is 1. The molecule has 3 nitrogen and oxygen atoms in total. The Labute approximate surface area is 188 Å². The molecule has 0 bridgehead atoms. The summed E-state index contributed by atoms with van der Waals surface area (Å²) in [5, 5.41) is 0. The Morgan fingerprint density at radius 1 is 0.906 bits per heavy atom. The second-order valence-corrected chi connectivity index (χ2v) is 8.57. The third kappa shape index (κ3) is 6.16. The van der Waals surface area contributed by atoms with Gasteiger partial charge in [-0.1, -0.05) is 38.1 Å². The Bertz CT molecular complexity index is 1010. The largest absolute Gasteiger partial charge is 0.497 e. The number of alkyl halides is 3. The number of ether oxygens (including phenoxy) is 1. The molecule has 0 radical (unpaired) electrons. The Kier molecular flexibility index (Phi) is 7.67. The molecule has 0 spiro atoms. The Balaban J connectivity index is 1.81. The summed E-state index contributed by atoms with van der Waals surface area (Å²) >= 11 is 0. The molecule has 32 heavy (non-hydrogen) atoms. The van der Waals surface area contributed by atoms with Gasteiger partial charge in [0.15, 0.2) is 0 Å². The molecular weight excluding hydrogens is 413 g/mol. The number of nitrogens with zero attached hydrogens (tertiary/aromatic N) is 2. The maximum absolute atomic E-state index is 13.1. The highest BCUT2D eigenvalue weighted by Gasteiger charge is 2.30. The van der Waals surface area contributed by atoms with Crippen LogP contribution in [0.3, 0.4) is 0 Å². The molecule has 1 atom stereocenters. The van der Waals surface area contributed by atoms with Crippen LogP contribution in [0.15, 0.2) is 66.9 Å². The zero-order chi connectivity index (χ0) is 23.3. The fourth-order valence-electron chi connectivity index (χ4n) is 3.77. The summed E-state index contributed by atoms with van der Waals surface area (Å²) in [7, 11) is 1.66. The van der Waals surface area contributed by atoms with Crippen molar-refractivity contribution in [3.05, 3.63) is 89.2 Å². The molecule has 0 N–H and O–H groups in total. The van der Waals surface area contributed by atoms with E-state index in [1.807, 2.05) is 41.1 Å². The average Bonchev–Trinajstić information content (AvgIpc) is 3.19. The van der Waals surface area contributed by atoms with Gasteiger partial charge in [0.25, 0.3) is 0 Å². The topological polar surface area (TPSA) is 17.4 Å². The fourth-order valence-corrected chi connectivity index (χ4v) is 3.77. The van der Waals surface area contributed by atoms with Crippen molar-refractivity contribution in [2.24, 2.45) is 5.92 Å². The molecule has 3 aromatic rings. The molecule has 3 rings (SSSR count). The van der Waals surface area contributed by atoms with Crippen LogP contribution >= 0.6 is 0 Å². The first kappa shape index (κ1) is 23.9. The van der Waals surface area contributed by atoms with Crippen LogP contribution in [0.2, 0.25) is 0 Å². The highest BCUT2D eigenvalue weighted by atomic mass is 19.4. The molecule has 6 heteroatoms. The third-order valence-corrected chi connectivity index (χ3v) is 5.96. The molecule has 0 aliphatic carbocycles. The van der Waals surface area contributed by atoms with Gasteiger partial charge >= 0.3 is 6.18 Å². The van der Waals surface area contributed by atoms with E-state index in [9.17, 15) is 13.2 Å². The summed E-state index contributed by atoms with van der Waals surface area (Å²) in [4.78, 5) is 2.40. The van der Waals surface area contributed by atoms with Crippen molar-refractivity contribution in [3.63, 3.8) is 0 Å². The van der Waals surface area contributed by atoms with Gasteiger partial charge in [-0.05, 0) is 60.4 Å². The molecule has 1 unspecified atom stereocenters. The van der Waals surface area contributed by atoms with E-state index in [1.165, 1.54) is 12.1 Å². The van der Waals surface area contributed by atoms with Crippen molar-refractivity contribution in [3.8, 4) is 5.75 Å². The Morgan fingerprint density at radius 2 is 1.62 bits per heavy atom. The highest BCUT2D eigenvalue weighted by molar-refractivity contribution is 5.29. The maximum Gasteiger partial charge on any atom is 0.416 e. The predicted octanol–water partition coefficient (Wildman–Crippen LogP) is 6.61. The van der Waals surface area contributed by atoms with Crippen molar-refractivity contribution >= 4 is 0 Å². The molecule has 1 aromatic heterocycles. The van der Waals surface area contributed by atoms with E-state index >= 15 is 0 Å². The molecule has 172 valence electrons. The molecule has 0 fully saturated rings. The molecule has 1 heterocycles. The summed E-state index contributed by atoms with van der Waals surface area (Å²) in [5.74, 6) is 1.28. The van der Waals surface area contributed by atoms with Gasteiger partial charge < -0.3 is 9.30 Å². The first-order chi connectivity index (χ1) is 15.2. The monoisotopic (exact) mass is 444 g/mol. The van der Waals surface area contributed by atoms with E-state index in [-0.39, 0.29) is 0 Å². The maximum atomic E-state index is 13.1. The molecule has 0 amide bonds. The van der Waals surface area contributed by atoms with E-state index in [4.69, 9.17) is 4.74 Å². The zero-order valence-electron chi connectivity index (χ0n) is 19.1. The minimum Gasteiger partial charge on any atom is -0.497 e. The van der Waals surface area contributed by atoms with Gasteiger partial charge in [-0.15, -0.1) is 0 Å². The lowest BCUT2D eigenvalue weighted by Crippen LogP contribution is -2.36. The Hall–Kier alpha value is -2.73. The van der Waals surface area contributed by atoms with E-state index in [1.54, 1.807) is 13.2 Å². The Morgan fingerprint density at radius 3 is 2.31 bits per heavy atom. The predicted molar refractivity (Wildman–Crippen MR) is 122 cm³/mol. The van der Waals surface area contributed by atoms with Crippen molar-refractivity contribution in [1.82, 2.24) is 9.47 Å². The van der Waals surface area contributed by atoms with Crippen LogP contribution in [0.5, 0.6) is 5.75 Å². The molecule has 0 saturated carbocycles. The first-order valence-electron chi connectivity index (χ1n) is 10.8. The SMILES string of the molecule is COc1cccc(CN(Cc2cccn2Cc2cccc(C(F)(F)F)c2)C(C)C(C)C)c1. The van der Waals surface area contributed by atoms with Crippen molar-refractivity contribution in [1.29, 1.82) is 0 Å². The average molecular weight is 445 g/mol. The molecule has 2 aromatic carbocycles. The highest BCUT2D eigenvalue weighted by Crippen LogP contribution is 2.30. The number of aromatic nitrogens is 1. The van der Waals surface area contributed by atoms with E-state index in [2.05, 4.69) is 31.7 Å². The molecule has 0 aliphatic rings. The van der Waals surface area contributed by atoms with Crippen LogP contribution in [-0.4, -0.2) is 22.6 Å². The van der Waals surface area contributed by atoms with E-state index in [0.717, 1.165) is 29.6 Å². The third-order valence-electron chi connectivity index (χ3n) is 5.96. The molecular formula is C26H31F3N2O. The summed E-state index contributed by atoms with van der Waals surface area (Å²) in [6.07, 6.45) is -2.41. The lowest BCUT2D eigenvalue weighted by atomic mass is 10.0. The number of hydrogen-bond acceptors (Lipinski definition) is 2. The van der Waals surface area contributed by atoms with Gasteiger partial charge in [0.2, 0.25) is 0 Å².